The van der Waals surface area contributed by atoms with E-state index < -0.39 is 10.7 Å². The van der Waals surface area contributed by atoms with Gasteiger partial charge in [-0.15, -0.1) is 0 Å². The van der Waals surface area contributed by atoms with Crippen molar-refractivity contribution in [2.45, 2.75) is 25.3 Å². The van der Waals surface area contributed by atoms with E-state index in [1.165, 1.54) is 12.1 Å². The van der Waals surface area contributed by atoms with Crippen molar-refractivity contribution in [3.8, 4) is 0 Å². The van der Waals surface area contributed by atoms with Crippen molar-refractivity contribution in [1.82, 2.24) is 5.32 Å². The molecule has 1 aromatic rings. The summed E-state index contributed by atoms with van der Waals surface area (Å²) in [5.74, 6) is -0.588. The number of nitro groups is 1. The molecule has 1 aromatic carbocycles. The highest BCUT2D eigenvalue weighted by Gasteiger charge is 2.18. The second-order valence-corrected chi connectivity index (χ2v) is 4.44. The average Bonchev–Trinajstić information content (AvgIpc) is 2.60. The molecule has 0 spiro atoms. The van der Waals surface area contributed by atoms with Crippen LogP contribution in [-0.4, -0.2) is 24.1 Å². The predicted octanol–water partition coefficient (Wildman–Crippen LogP) is 2.29. The van der Waals surface area contributed by atoms with Gasteiger partial charge in [0.2, 0.25) is 0 Å². The first-order valence-electron chi connectivity index (χ1n) is 6.08. The normalized spacial score (nSPS) is 20.2. The summed E-state index contributed by atoms with van der Waals surface area (Å²) in [4.78, 5) is 10.3. The largest absolute Gasteiger partial charge is 0.377 e. The number of nitro benzene ring substituents is 1. The Hall–Kier alpha value is -1.69. The van der Waals surface area contributed by atoms with Crippen molar-refractivity contribution in [1.29, 1.82) is 0 Å². The van der Waals surface area contributed by atoms with E-state index in [0.29, 0.717) is 5.69 Å². The van der Waals surface area contributed by atoms with Crippen molar-refractivity contribution in [3.05, 3.63) is 34.1 Å². The summed E-state index contributed by atoms with van der Waals surface area (Å²) in [5.41, 5.74) is 0.195. The van der Waals surface area contributed by atoms with Crippen LogP contribution in [0.25, 0.3) is 0 Å². The third-order valence-electron chi connectivity index (χ3n) is 3.09. The van der Waals surface area contributed by atoms with Gasteiger partial charge in [0.1, 0.15) is 11.5 Å². The van der Waals surface area contributed by atoms with E-state index in [2.05, 4.69) is 10.6 Å². The maximum absolute atomic E-state index is 13.0. The molecule has 0 aliphatic carbocycles. The van der Waals surface area contributed by atoms with E-state index in [0.717, 1.165) is 38.4 Å². The number of hydrogen-bond donors (Lipinski definition) is 2. The van der Waals surface area contributed by atoms with Crippen LogP contribution in [0.1, 0.15) is 19.3 Å². The number of benzene rings is 1. The molecule has 1 aliphatic heterocycles. The fraction of sp³-hybridized carbons (Fsp3) is 0.500. The van der Waals surface area contributed by atoms with Gasteiger partial charge in [0.15, 0.2) is 0 Å². The topological polar surface area (TPSA) is 67.2 Å². The minimum atomic E-state index is -0.588. The maximum Gasteiger partial charge on any atom is 0.295 e. The van der Waals surface area contributed by atoms with Crippen LogP contribution in [0.5, 0.6) is 0 Å². The molecule has 18 heavy (non-hydrogen) atoms. The lowest BCUT2D eigenvalue weighted by Crippen LogP contribution is -2.22. The molecular weight excluding hydrogens is 237 g/mol. The third-order valence-corrected chi connectivity index (χ3v) is 3.09. The molecule has 6 heteroatoms. The molecule has 1 heterocycles. The monoisotopic (exact) mass is 253 g/mol. The van der Waals surface area contributed by atoms with Gasteiger partial charge in [0, 0.05) is 6.04 Å². The first kappa shape index (κ1) is 12.8. The van der Waals surface area contributed by atoms with Crippen LogP contribution < -0.4 is 10.6 Å². The third kappa shape index (κ3) is 3.16. The highest BCUT2D eigenvalue weighted by atomic mass is 19.1. The summed E-state index contributed by atoms with van der Waals surface area (Å²) in [7, 11) is 0. The number of halogens is 1. The molecule has 1 unspecified atom stereocenters. The Morgan fingerprint density at radius 3 is 3.00 bits per heavy atom. The zero-order valence-corrected chi connectivity index (χ0v) is 9.99. The molecule has 2 rings (SSSR count). The predicted molar refractivity (Wildman–Crippen MR) is 67.2 cm³/mol. The molecular formula is C12H16FN3O2. The van der Waals surface area contributed by atoms with Gasteiger partial charge in [-0.05, 0) is 44.5 Å². The zero-order valence-electron chi connectivity index (χ0n) is 9.99. The smallest absolute Gasteiger partial charge is 0.295 e. The molecule has 5 nitrogen and oxygen atoms in total. The quantitative estimate of drug-likeness (QED) is 0.640. The lowest BCUT2D eigenvalue weighted by atomic mass is 10.1. The van der Waals surface area contributed by atoms with Gasteiger partial charge in [-0.3, -0.25) is 10.1 Å². The van der Waals surface area contributed by atoms with E-state index in [1.807, 2.05) is 0 Å². The molecule has 98 valence electrons. The molecule has 1 fully saturated rings. The zero-order chi connectivity index (χ0) is 13.0. The standard InChI is InChI=1S/C12H16FN3O2/c13-9-3-4-11(12(8-9)16(17)18)15-10-2-1-6-14-7-5-10/h3-4,8,10,14-15H,1-2,5-7H2. The number of nitrogens with zero attached hydrogens (tertiary/aromatic N) is 1. The van der Waals surface area contributed by atoms with Crippen molar-refractivity contribution < 1.29 is 9.31 Å². The van der Waals surface area contributed by atoms with Crippen LogP contribution in [0, 0.1) is 15.9 Å². The van der Waals surface area contributed by atoms with Crippen LogP contribution in [0.4, 0.5) is 15.8 Å². The highest BCUT2D eigenvalue weighted by molar-refractivity contribution is 5.61. The Kier molecular flexibility index (Phi) is 4.09. The highest BCUT2D eigenvalue weighted by Crippen LogP contribution is 2.26. The van der Waals surface area contributed by atoms with E-state index in [-0.39, 0.29) is 11.7 Å². The van der Waals surface area contributed by atoms with Gasteiger partial charge >= 0.3 is 0 Å². The van der Waals surface area contributed by atoms with E-state index >= 15 is 0 Å². The molecule has 2 N–H and O–H groups in total. The van der Waals surface area contributed by atoms with E-state index in [9.17, 15) is 14.5 Å². The van der Waals surface area contributed by atoms with Crippen molar-refractivity contribution >= 4 is 11.4 Å². The van der Waals surface area contributed by atoms with Gasteiger partial charge in [-0.1, -0.05) is 0 Å². The fourth-order valence-electron chi connectivity index (χ4n) is 2.16. The summed E-state index contributed by atoms with van der Waals surface area (Å²) in [5, 5.41) is 17.3. The molecule has 0 amide bonds. The number of anilines is 1. The number of rotatable bonds is 3. The molecule has 0 radical (unpaired) electrons. The number of hydrogen-bond acceptors (Lipinski definition) is 4. The average molecular weight is 253 g/mol. The summed E-state index contributed by atoms with van der Waals surface area (Å²) >= 11 is 0. The summed E-state index contributed by atoms with van der Waals surface area (Å²) in [6.07, 6.45) is 2.91. The minimum Gasteiger partial charge on any atom is -0.377 e. The second-order valence-electron chi connectivity index (χ2n) is 4.44. The Balaban J connectivity index is 2.14. The SMILES string of the molecule is O=[N+]([O-])c1cc(F)ccc1NC1CCCNCC1. The maximum atomic E-state index is 13.0. The summed E-state index contributed by atoms with van der Waals surface area (Å²) < 4.78 is 13.0. The second kappa shape index (κ2) is 5.77. The Morgan fingerprint density at radius 1 is 1.39 bits per heavy atom. The van der Waals surface area contributed by atoms with Crippen molar-refractivity contribution in [2.75, 3.05) is 18.4 Å². The van der Waals surface area contributed by atoms with Gasteiger partial charge in [-0.25, -0.2) is 4.39 Å². The van der Waals surface area contributed by atoms with Gasteiger partial charge < -0.3 is 10.6 Å². The van der Waals surface area contributed by atoms with E-state index in [1.54, 1.807) is 0 Å². The Bertz CT molecular complexity index is 431. The molecule has 0 aromatic heterocycles. The van der Waals surface area contributed by atoms with Crippen molar-refractivity contribution in [2.24, 2.45) is 0 Å². The molecule has 1 atom stereocenters. The minimum absolute atomic E-state index is 0.198. The van der Waals surface area contributed by atoms with Crippen LogP contribution >= 0.6 is 0 Å². The Labute approximate surface area is 105 Å². The van der Waals surface area contributed by atoms with Crippen molar-refractivity contribution in [3.63, 3.8) is 0 Å². The van der Waals surface area contributed by atoms with Crippen LogP contribution in [-0.2, 0) is 0 Å². The van der Waals surface area contributed by atoms with E-state index in [4.69, 9.17) is 0 Å². The van der Waals surface area contributed by atoms with Crippen LogP contribution in [0.15, 0.2) is 18.2 Å². The van der Waals surface area contributed by atoms with Crippen LogP contribution in [0.3, 0.4) is 0 Å². The van der Waals surface area contributed by atoms with Gasteiger partial charge in [-0.2, -0.15) is 0 Å². The Morgan fingerprint density at radius 2 is 2.22 bits per heavy atom. The number of nitrogens with one attached hydrogen (secondary N) is 2. The van der Waals surface area contributed by atoms with Gasteiger partial charge in [0.05, 0.1) is 11.0 Å². The molecule has 0 bridgehead atoms. The van der Waals surface area contributed by atoms with Crippen LogP contribution in [0.2, 0.25) is 0 Å². The first-order valence-corrected chi connectivity index (χ1v) is 6.08. The molecule has 1 aliphatic rings. The summed E-state index contributed by atoms with van der Waals surface area (Å²) in [6, 6.07) is 3.83. The van der Waals surface area contributed by atoms with Gasteiger partial charge in [0.25, 0.3) is 5.69 Å². The molecule has 1 saturated heterocycles. The molecule has 0 saturated carbocycles. The lowest BCUT2D eigenvalue weighted by Gasteiger charge is -2.17. The lowest BCUT2D eigenvalue weighted by molar-refractivity contribution is -0.384. The fourth-order valence-corrected chi connectivity index (χ4v) is 2.16. The first-order chi connectivity index (χ1) is 8.66. The summed E-state index contributed by atoms with van der Waals surface area (Å²) in [6.45, 7) is 1.87.